The second-order valence-electron chi connectivity index (χ2n) is 3.78. The van der Waals surface area contributed by atoms with Crippen LogP contribution in [0.3, 0.4) is 0 Å². The zero-order valence-electron chi connectivity index (χ0n) is 10.9. The van der Waals surface area contributed by atoms with E-state index in [4.69, 9.17) is 16.4 Å². The average molecular weight is 257 g/mol. The van der Waals surface area contributed by atoms with Crippen molar-refractivity contribution >= 4 is 11.6 Å². The number of methoxy groups -OCH3 is 1. The number of benzene rings is 1. The van der Waals surface area contributed by atoms with Crippen LogP contribution in [0.1, 0.15) is 12.5 Å². The third kappa shape index (κ3) is 3.65. The maximum absolute atomic E-state index is 11.7. The van der Waals surface area contributed by atoms with Crippen molar-refractivity contribution in [3.05, 3.63) is 23.8 Å². The van der Waals surface area contributed by atoms with Crippen LogP contribution >= 0.6 is 0 Å². The van der Waals surface area contributed by atoms with E-state index in [1.807, 2.05) is 0 Å². The Balaban J connectivity index is 2.90. The molecular weight excluding hydrogens is 242 g/mol. The molecule has 0 radical (unpaired) electrons. The van der Waals surface area contributed by atoms with Crippen LogP contribution in [-0.4, -0.2) is 25.6 Å². The van der Waals surface area contributed by atoms with Gasteiger partial charge in [-0.25, -0.2) is 0 Å². The Morgan fingerprint density at radius 3 is 2.89 bits per heavy atom. The van der Waals surface area contributed by atoms with Gasteiger partial charge in [-0.05, 0) is 19.1 Å². The normalized spacial score (nSPS) is 10.7. The Kier molecular flexibility index (Phi) is 5.25. The number of terminal acetylenes is 1. The minimum Gasteiger partial charge on any atom is -0.495 e. The van der Waals surface area contributed by atoms with Crippen LogP contribution in [0.15, 0.2) is 18.2 Å². The lowest BCUT2D eigenvalue weighted by Gasteiger charge is -2.17. The zero-order valence-corrected chi connectivity index (χ0v) is 10.9. The fourth-order valence-corrected chi connectivity index (χ4v) is 1.52. The number of para-hydroxylation sites is 1. The molecule has 0 heterocycles. The Hall–Kier alpha value is -2.66. The summed E-state index contributed by atoms with van der Waals surface area (Å²) in [4.78, 5) is 11.7. The van der Waals surface area contributed by atoms with E-state index in [-0.39, 0.29) is 12.5 Å². The minimum absolute atomic E-state index is 0.169. The van der Waals surface area contributed by atoms with Gasteiger partial charge in [-0.15, -0.1) is 6.42 Å². The third-order valence-electron chi connectivity index (χ3n) is 2.49. The van der Waals surface area contributed by atoms with Crippen LogP contribution in [-0.2, 0) is 4.79 Å². The molecule has 0 spiro atoms. The topological polar surface area (TPSA) is 74.2 Å². The van der Waals surface area contributed by atoms with Crippen LogP contribution in [0.25, 0.3) is 0 Å². The minimum atomic E-state index is -0.531. The lowest BCUT2D eigenvalue weighted by molar-refractivity contribution is -0.121. The van der Waals surface area contributed by atoms with Crippen molar-refractivity contribution < 1.29 is 9.53 Å². The number of nitriles is 1. The summed E-state index contributed by atoms with van der Waals surface area (Å²) in [6.07, 6.45) is 5.07. The molecule has 98 valence electrons. The van der Waals surface area contributed by atoms with Gasteiger partial charge in [0.2, 0.25) is 5.91 Å². The van der Waals surface area contributed by atoms with E-state index >= 15 is 0 Å². The number of carbonyl (C=O) groups excluding carboxylic acids is 1. The summed E-state index contributed by atoms with van der Waals surface area (Å²) >= 11 is 0. The predicted octanol–water partition coefficient (Wildman–Crippen LogP) is 1.12. The van der Waals surface area contributed by atoms with Crippen molar-refractivity contribution in [1.29, 1.82) is 5.26 Å². The van der Waals surface area contributed by atoms with E-state index < -0.39 is 6.04 Å². The first kappa shape index (κ1) is 14.4. The number of amides is 1. The van der Waals surface area contributed by atoms with Crippen molar-refractivity contribution in [2.24, 2.45) is 0 Å². The number of anilines is 1. The molecule has 2 N–H and O–H groups in total. The van der Waals surface area contributed by atoms with Crippen LogP contribution in [0.2, 0.25) is 0 Å². The van der Waals surface area contributed by atoms with Gasteiger partial charge in [0.1, 0.15) is 17.9 Å². The van der Waals surface area contributed by atoms with Gasteiger partial charge < -0.3 is 15.4 Å². The molecule has 0 aromatic heterocycles. The molecule has 0 saturated carbocycles. The lowest BCUT2D eigenvalue weighted by Crippen LogP contribution is -2.37. The molecule has 5 nitrogen and oxygen atoms in total. The van der Waals surface area contributed by atoms with Gasteiger partial charge in [0.15, 0.2) is 0 Å². The summed E-state index contributed by atoms with van der Waals surface area (Å²) < 4.78 is 5.17. The van der Waals surface area contributed by atoms with Gasteiger partial charge >= 0.3 is 0 Å². The number of nitrogens with one attached hydrogen (secondary N) is 2. The summed E-state index contributed by atoms with van der Waals surface area (Å²) in [5.74, 6) is 2.59. The highest BCUT2D eigenvalue weighted by Gasteiger charge is 2.16. The highest BCUT2D eigenvalue weighted by atomic mass is 16.5. The highest BCUT2D eigenvalue weighted by Crippen LogP contribution is 2.28. The summed E-state index contributed by atoms with van der Waals surface area (Å²) in [6, 6.07) is 6.60. The molecule has 1 aromatic carbocycles. The average Bonchev–Trinajstić information content (AvgIpc) is 2.44. The van der Waals surface area contributed by atoms with Gasteiger partial charge in [0, 0.05) is 0 Å². The van der Waals surface area contributed by atoms with Gasteiger partial charge in [-0.3, -0.25) is 4.79 Å². The molecule has 19 heavy (non-hydrogen) atoms. The number of carbonyl (C=O) groups is 1. The van der Waals surface area contributed by atoms with Crippen molar-refractivity contribution in [3.63, 3.8) is 0 Å². The number of nitrogens with zero attached hydrogens (tertiary/aromatic N) is 1. The van der Waals surface area contributed by atoms with Crippen LogP contribution in [0.5, 0.6) is 5.75 Å². The lowest BCUT2D eigenvalue weighted by atomic mass is 10.1. The summed E-state index contributed by atoms with van der Waals surface area (Å²) in [5.41, 5.74) is 0.909. The zero-order chi connectivity index (χ0) is 14.3. The van der Waals surface area contributed by atoms with E-state index in [0.717, 1.165) is 0 Å². The molecule has 1 rings (SSSR count). The molecule has 5 heteroatoms. The Labute approximate surface area is 112 Å². The third-order valence-corrected chi connectivity index (χ3v) is 2.49. The second-order valence-corrected chi connectivity index (χ2v) is 3.78. The first-order valence-electron chi connectivity index (χ1n) is 5.68. The van der Waals surface area contributed by atoms with Gasteiger partial charge in [-0.2, -0.15) is 5.26 Å². The summed E-state index contributed by atoms with van der Waals surface area (Å²) in [6.45, 7) is 1.85. The van der Waals surface area contributed by atoms with Crippen molar-refractivity contribution in [1.82, 2.24) is 5.32 Å². The van der Waals surface area contributed by atoms with E-state index in [0.29, 0.717) is 17.0 Å². The fourth-order valence-electron chi connectivity index (χ4n) is 1.52. The Bertz CT molecular complexity index is 541. The molecule has 0 bridgehead atoms. The van der Waals surface area contributed by atoms with Crippen LogP contribution in [0.4, 0.5) is 5.69 Å². The van der Waals surface area contributed by atoms with Crippen LogP contribution < -0.4 is 15.4 Å². The van der Waals surface area contributed by atoms with E-state index in [2.05, 4.69) is 22.6 Å². The Morgan fingerprint density at radius 1 is 1.58 bits per heavy atom. The molecule has 1 aromatic rings. The van der Waals surface area contributed by atoms with E-state index in [1.54, 1.807) is 25.1 Å². The highest BCUT2D eigenvalue weighted by molar-refractivity contribution is 5.85. The molecule has 0 saturated heterocycles. The molecule has 0 aliphatic heterocycles. The van der Waals surface area contributed by atoms with E-state index in [1.165, 1.54) is 7.11 Å². The van der Waals surface area contributed by atoms with Crippen molar-refractivity contribution in [2.45, 2.75) is 13.0 Å². The molecule has 0 aliphatic rings. The molecule has 1 unspecified atom stereocenters. The first-order valence-corrected chi connectivity index (χ1v) is 5.68. The number of hydrogen-bond acceptors (Lipinski definition) is 4. The maximum Gasteiger partial charge on any atom is 0.242 e. The van der Waals surface area contributed by atoms with Gasteiger partial charge in [-0.1, -0.05) is 12.0 Å². The fraction of sp³-hybridized carbons (Fsp3) is 0.286. The smallest absolute Gasteiger partial charge is 0.242 e. The first-order chi connectivity index (χ1) is 9.13. The second kappa shape index (κ2) is 6.93. The van der Waals surface area contributed by atoms with Gasteiger partial charge in [0.05, 0.1) is 24.9 Å². The molecule has 0 fully saturated rings. The van der Waals surface area contributed by atoms with E-state index in [9.17, 15) is 4.79 Å². The molecule has 1 amide bonds. The Morgan fingerprint density at radius 2 is 2.32 bits per heavy atom. The largest absolute Gasteiger partial charge is 0.495 e. The van der Waals surface area contributed by atoms with Crippen molar-refractivity contribution in [3.8, 4) is 24.2 Å². The maximum atomic E-state index is 11.7. The molecular formula is C14H15N3O2. The molecule has 0 aliphatic carbocycles. The SMILES string of the molecule is C#CCNC(=O)C(C)Nc1c(C#N)cccc1OC. The quantitative estimate of drug-likeness (QED) is 0.775. The predicted molar refractivity (Wildman–Crippen MR) is 72.6 cm³/mol. The summed E-state index contributed by atoms with van der Waals surface area (Å²) in [5, 5.41) is 14.6. The molecule has 1 atom stereocenters. The number of ether oxygens (including phenoxy) is 1. The monoisotopic (exact) mass is 257 g/mol. The van der Waals surface area contributed by atoms with Crippen LogP contribution in [0, 0.1) is 23.7 Å². The number of rotatable bonds is 5. The standard InChI is InChI=1S/C14H15N3O2/c1-4-8-16-14(18)10(2)17-13-11(9-15)6-5-7-12(13)19-3/h1,5-7,10,17H,8H2,2-3H3,(H,16,18). The van der Waals surface area contributed by atoms with Gasteiger partial charge in [0.25, 0.3) is 0 Å². The van der Waals surface area contributed by atoms with Crippen molar-refractivity contribution in [2.75, 3.05) is 19.0 Å². The summed E-state index contributed by atoms with van der Waals surface area (Å²) in [7, 11) is 1.50. The number of hydrogen-bond donors (Lipinski definition) is 2.